The van der Waals surface area contributed by atoms with Crippen molar-refractivity contribution in [3.05, 3.63) is 48.0 Å². The van der Waals surface area contributed by atoms with E-state index in [4.69, 9.17) is 9.41 Å². The molecule has 0 bridgehead atoms. The van der Waals surface area contributed by atoms with Crippen molar-refractivity contribution in [2.24, 2.45) is 4.99 Å². The highest BCUT2D eigenvalue weighted by molar-refractivity contribution is 6.05. The molecule has 0 radical (unpaired) electrons. The Hall–Kier alpha value is -2.29. The van der Waals surface area contributed by atoms with Gasteiger partial charge in [-0.1, -0.05) is 31.2 Å². The normalized spacial score (nSPS) is 18.4. The maximum atomic E-state index is 5.92. The summed E-state index contributed by atoms with van der Waals surface area (Å²) in [5.74, 6) is 1.17. The zero-order valence-corrected chi connectivity index (χ0v) is 13.5. The number of aliphatic imine (C=N–C) groups is 1. The maximum absolute atomic E-state index is 5.92. The predicted octanol–water partition coefficient (Wildman–Crippen LogP) is 5.21. The van der Waals surface area contributed by atoms with E-state index < -0.39 is 0 Å². The Morgan fingerprint density at radius 1 is 1.09 bits per heavy atom. The van der Waals surface area contributed by atoms with Crippen LogP contribution in [-0.2, 0) is 0 Å². The van der Waals surface area contributed by atoms with Crippen LogP contribution >= 0.6 is 0 Å². The summed E-state index contributed by atoms with van der Waals surface area (Å²) in [6.07, 6.45) is 4.58. The summed E-state index contributed by atoms with van der Waals surface area (Å²) in [7, 11) is 0. The largest absolute Gasteiger partial charge is 0.456 e. The van der Waals surface area contributed by atoms with E-state index in [-0.39, 0.29) is 6.04 Å². The first kappa shape index (κ1) is 14.3. The minimum absolute atomic E-state index is 0.216. The molecule has 1 saturated heterocycles. The molecule has 3 nitrogen and oxygen atoms in total. The molecule has 0 saturated carbocycles. The van der Waals surface area contributed by atoms with Gasteiger partial charge in [0.2, 0.25) is 0 Å². The van der Waals surface area contributed by atoms with Crippen molar-refractivity contribution in [1.82, 2.24) is 5.32 Å². The number of nitrogens with one attached hydrogen (secondary N) is 1. The Morgan fingerprint density at radius 3 is 2.78 bits per heavy atom. The third kappa shape index (κ3) is 2.72. The van der Waals surface area contributed by atoms with E-state index in [2.05, 4.69) is 42.6 Å². The number of fused-ring (bicyclic) bond motifs is 3. The van der Waals surface area contributed by atoms with Crippen LogP contribution in [-0.4, -0.2) is 12.4 Å². The predicted molar refractivity (Wildman–Crippen MR) is 96.0 cm³/mol. The molecule has 0 aliphatic carbocycles. The summed E-state index contributed by atoms with van der Waals surface area (Å²) in [5.41, 5.74) is 3.17. The molecule has 1 fully saturated rings. The molecular formula is C20H22N2O. The third-order valence-corrected chi connectivity index (χ3v) is 4.65. The van der Waals surface area contributed by atoms with Crippen LogP contribution in [0.1, 0.15) is 44.2 Å². The van der Waals surface area contributed by atoms with Crippen molar-refractivity contribution in [2.45, 2.75) is 38.6 Å². The number of para-hydroxylation sites is 1. The number of amidine groups is 1. The van der Waals surface area contributed by atoms with Gasteiger partial charge in [0, 0.05) is 23.7 Å². The minimum atomic E-state index is 0.216. The molecule has 118 valence electrons. The molecule has 1 aliphatic rings. The maximum Gasteiger partial charge on any atom is 0.135 e. The Labute approximate surface area is 136 Å². The second kappa shape index (κ2) is 6.07. The van der Waals surface area contributed by atoms with Gasteiger partial charge in [-0.2, -0.15) is 0 Å². The molecule has 3 heteroatoms. The Bertz CT molecular complexity index is 854. The quantitative estimate of drug-likeness (QED) is 0.721. The van der Waals surface area contributed by atoms with Crippen LogP contribution in [0.25, 0.3) is 21.9 Å². The number of piperidine rings is 1. The fraction of sp³-hybridized carbons (Fsp3) is 0.350. The highest BCUT2D eigenvalue weighted by atomic mass is 16.3. The van der Waals surface area contributed by atoms with Gasteiger partial charge in [-0.05, 0) is 43.0 Å². The molecule has 1 atom stereocenters. The van der Waals surface area contributed by atoms with Gasteiger partial charge in [-0.3, -0.25) is 4.99 Å². The Morgan fingerprint density at radius 2 is 1.96 bits per heavy atom. The van der Waals surface area contributed by atoms with E-state index in [1.165, 1.54) is 35.0 Å². The van der Waals surface area contributed by atoms with Crippen molar-refractivity contribution < 1.29 is 4.42 Å². The number of benzene rings is 2. The second-order valence-electron chi connectivity index (χ2n) is 6.24. The monoisotopic (exact) mass is 306 g/mol. The topological polar surface area (TPSA) is 37.5 Å². The molecule has 4 rings (SSSR count). The first-order valence-corrected chi connectivity index (χ1v) is 8.57. The van der Waals surface area contributed by atoms with Crippen molar-refractivity contribution >= 4 is 27.8 Å². The lowest BCUT2D eigenvalue weighted by molar-refractivity contribution is 0.637. The lowest BCUT2D eigenvalue weighted by Crippen LogP contribution is -2.29. The molecule has 1 N–H and O–H groups in total. The van der Waals surface area contributed by atoms with Crippen molar-refractivity contribution in [2.75, 3.05) is 6.54 Å². The zero-order valence-electron chi connectivity index (χ0n) is 13.5. The van der Waals surface area contributed by atoms with Gasteiger partial charge in [0.15, 0.2) is 0 Å². The molecule has 1 aliphatic heterocycles. The molecule has 0 spiro atoms. The summed E-state index contributed by atoms with van der Waals surface area (Å²) >= 11 is 0. The number of hydrogen-bond acceptors (Lipinski definition) is 2. The average molecular weight is 306 g/mol. The van der Waals surface area contributed by atoms with Crippen LogP contribution < -0.4 is 5.32 Å². The lowest BCUT2D eigenvalue weighted by Gasteiger charge is -2.19. The standard InChI is InChI=1S/C20H22N2O/c1-2-17(22-20-9-5-6-12-21-20)14-10-11-19-16(13-14)15-7-3-4-8-18(15)23-19/h3-4,7-8,10-11,13,17H,2,5-6,9,12H2,1H3,(H,21,22). The van der Waals surface area contributed by atoms with Gasteiger partial charge in [0.05, 0.1) is 11.9 Å². The van der Waals surface area contributed by atoms with E-state index in [1.54, 1.807) is 0 Å². The van der Waals surface area contributed by atoms with Gasteiger partial charge < -0.3 is 9.73 Å². The first-order valence-electron chi connectivity index (χ1n) is 8.57. The number of furan rings is 1. The summed E-state index contributed by atoms with van der Waals surface area (Å²) in [5, 5.41) is 5.82. The van der Waals surface area contributed by atoms with Gasteiger partial charge in [-0.15, -0.1) is 0 Å². The van der Waals surface area contributed by atoms with Crippen LogP contribution in [0.3, 0.4) is 0 Å². The average Bonchev–Trinajstić information content (AvgIpc) is 2.98. The van der Waals surface area contributed by atoms with Crippen molar-refractivity contribution in [1.29, 1.82) is 0 Å². The first-order chi connectivity index (χ1) is 11.3. The summed E-state index contributed by atoms with van der Waals surface area (Å²) in [6.45, 7) is 3.26. The molecule has 0 amide bonds. The van der Waals surface area contributed by atoms with Crippen LogP contribution in [0.4, 0.5) is 0 Å². The summed E-state index contributed by atoms with van der Waals surface area (Å²) in [6, 6.07) is 14.9. The van der Waals surface area contributed by atoms with Gasteiger partial charge in [0.1, 0.15) is 11.2 Å². The van der Waals surface area contributed by atoms with Gasteiger partial charge >= 0.3 is 0 Å². The molecule has 2 aromatic carbocycles. The lowest BCUT2D eigenvalue weighted by atomic mass is 10.0. The third-order valence-electron chi connectivity index (χ3n) is 4.65. The highest BCUT2D eigenvalue weighted by Crippen LogP contribution is 2.32. The van der Waals surface area contributed by atoms with E-state index in [0.29, 0.717) is 0 Å². The van der Waals surface area contributed by atoms with Crippen LogP contribution in [0, 0.1) is 0 Å². The molecule has 1 aromatic heterocycles. The fourth-order valence-electron chi connectivity index (χ4n) is 3.39. The van der Waals surface area contributed by atoms with Crippen LogP contribution in [0.15, 0.2) is 51.9 Å². The zero-order chi connectivity index (χ0) is 15.6. The van der Waals surface area contributed by atoms with E-state index in [9.17, 15) is 0 Å². The Kier molecular flexibility index (Phi) is 3.78. The van der Waals surface area contributed by atoms with Crippen LogP contribution in [0.2, 0.25) is 0 Å². The van der Waals surface area contributed by atoms with Crippen molar-refractivity contribution in [3.63, 3.8) is 0 Å². The summed E-state index contributed by atoms with van der Waals surface area (Å²) < 4.78 is 5.92. The fourth-order valence-corrected chi connectivity index (χ4v) is 3.39. The molecule has 2 heterocycles. The second-order valence-corrected chi connectivity index (χ2v) is 6.24. The molecule has 1 unspecified atom stereocenters. The van der Waals surface area contributed by atoms with Crippen molar-refractivity contribution in [3.8, 4) is 0 Å². The number of rotatable bonds is 3. The summed E-state index contributed by atoms with van der Waals surface area (Å²) in [4.78, 5) is 4.97. The van der Waals surface area contributed by atoms with E-state index >= 15 is 0 Å². The smallest absolute Gasteiger partial charge is 0.135 e. The molecule has 23 heavy (non-hydrogen) atoms. The highest BCUT2D eigenvalue weighted by Gasteiger charge is 2.14. The molecular weight excluding hydrogens is 284 g/mol. The van der Waals surface area contributed by atoms with E-state index in [0.717, 1.165) is 30.6 Å². The van der Waals surface area contributed by atoms with Gasteiger partial charge in [0.25, 0.3) is 0 Å². The Balaban J connectivity index is 1.75. The SMILES string of the molecule is CCC(N=C1CCCCN1)c1ccc2oc3ccccc3c2c1. The van der Waals surface area contributed by atoms with Crippen LogP contribution in [0.5, 0.6) is 0 Å². The number of nitrogens with zero attached hydrogens (tertiary/aromatic N) is 1. The number of hydrogen-bond donors (Lipinski definition) is 1. The van der Waals surface area contributed by atoms with Gasteiger partial charge in [-0.25, -0.2) is 0 Å². The van der Waals surface area contributed by atoms with E-state index in [1.807, 2.05) is 12.1 Å². The minimum Gasteiger partial charge on any atom is -0.456 e. The molecule has 3 aromatic rings.